The number of carbonyl (C=O) groups is 1. The molecule has 1 aliphatic rings. The van der Waals surface area contributed by atoms with E-state index in [1.165, 1.54) is 9.87 Å². The van der Waals surface area contributed by atoms with Crippen molar-refractivity contribution in [1.29, 1.82) is 0 Å². The van der Waals surface area contributed by atoms with Crippen LogP contribution in [0.2, 0.25) is 0 Å². The molecule has 0 unspecified atom stereocenters. The summed E-state index contributed by atoms with van der Waals surface area (Å²) in [4.78, 5) is 14.4. The first-order valence-corrected chi connectivity index (χ1v) is 10.4. The van der Waals surface area contributed by atoms with Crippen molar-refractivity contribution in [3.8, 4) is 0 Å². The van der Waals surface area contributed by atoms with Crippen LogP contribution in [0.3, 0.4) is 0 Å². The van der Waals surface area contributed by atoms with Gasteiger partial charge in [0.25, 0.3) is 5.91 Å². The third kappa shape index (κ3) is 4.07. The van der Waals surface area contributed by atoms with Crippen LogP contribution in [0, 0.1) is 6.92 Å². The van der Waals surface area contributed by atoms with Gasteiger partial charge in [-0.3, -0.25) is 9.10 Å². The molecule has 1 saturated heterocycles. The fourth-order valence-corrected chi connectivity index (χ4v) is 4.76. The Bertz CT molecular complexity index is 892. The number of hydrogen-bond acceptors (Lipinski definition) is 3. The quantitative estimate of drug-likeness (QED) is 0.828. The number of anilines is 1. The molecule has 0 bridgehead atoms. The molecule has 3 rings (SSSR count). The summed E-state index contributed by atoms with van der Waals surface area (Å²) < 4.78 is 26.0. The molecule has 26 heavy (non-hydrogen) atoms. The average Bonchev–Trinajstić information content (AvgIpc) is 2.62. The standard InChI is InChI=1S/C20H24N2O3S/c1-16-8-10-17(11-9-16)15-21(2)20(23)18-6-5-7-19(14-18)22-12-3-4-13-26(22,24)25/h5-11,14H,3-4,12-13,15H2,1-2H3. The van der Waals surface area contributed by atoms with E-state index < -0.39 is 10.0 Å². The molecule has 6 heteroatoms. The van der Waals surface area contributed by atoms with E-state index in [-0.39, 0.29) is 11.7 Å². The van der Waals surface area contributed by atoms with E-state index in [0.29, 0.717) is 30.8 Å². The molecule has 0 aliphatic carbocycles. The molecule has 0 aromatic heterocycles. The van der Waals surface area contributed by atoms with Gasteiger partial charge in [0.1, 0.15) is 0 Å². The van der Waals surface area contributed by atoms with Gasteiger partial charge in [-0.25, -0.2) is 8.42 Å². The number of nitrogens with zero attached hydrogens (tertiary/aromatic N) is 2. The van der Waals surface area contributed by atoms with Gasteiger partial charge < -0.3 is 4.90 Å². The SMILES string of the molecule is Cc1ccc(CN(C)C(=O)c2cccc(N3CCCCS3(=O)=O)c2)cc1. The van der Waals surface area contributed by atoms with Crippen LogP contribution in [0.5, 0.6) is 0 Å². The number of carbonyl (C=O) groups excluding carboxylic acids is 1. The second-order valence-electron chi connectivity index (χ2n) is 6.79. The number of benzene rings is 2. The summed E-state index contributed by atoms with van der Waals surface area (Å²) in [7, 11) is -1.53. The van der Waals surface area contributed by atoms with E-state index in [0.717, 1.165) is 12.0 Å². The maximum absolute atomic E-state index is 12.8. The normalized spacial score (nSPS) is 16.3. The summed E-state index contributed by atoms with van der Waals surface area (Å²) in [6, 6.07) is 15.0. The minimum absolute atomic E-state index is 0.123. The van der Waals surface area contributed by atoms with Crippen molar-refractivity contribution in [1.82, 2.24) is 4.90 Å². The first-order chi connectivity index (χ1) is 12.4. The van der Waals surface area contributed by atoms with Gasteiger partial charge in [-0.2, -0.15) is 0 Å². The second-order valence-corrected chi connectivity index (χ2v) is 8.81. The lowest BCUT2D eigenvalue weighted by atomic mass is 10.1. The van der Waals surface area contributed by atoms with Crippen molar-refractivity contribution in [3.63, 3.8) is 0 Å². The molecule has 0 N–H and O–H groups in total. The van der Waals surface area contributed by atoms with E-state index in [1.807, 2.05) is 31.2 Å². The first kappa shape index (κ1) is 18.5. The molecular weight excluding hydrogens is 348 g/mol. The van der Waals surface area contributed by atoms with Gasteiger partial charge in [0.2, 0.25) is 10.0 Å². The van der Waals surface area contributed by atoms with E-state index in [2.05, 4.69) is 0 Å². The van der Waals surface area contributed by atoms with Crippen molar-refractivity contribution in [2.24, 2.45) is 0 Å². The van der Waals surface area contributed by atoms with Gasteiger partial charge in [-0.1, -0.05) is 35.9 Å². The van der Waals surface area contributed by atoms with Gasteiger partial charge in [0.15, 0.2) is 0 Å². The minimum atomic E-state index is -3.28. The largest absolute Gasteiger partial charge is 0.337 e. The predicted molar refractivity (Wildman–Crippen MR) is 104 cm³/mol. The van der Waals surface area contributed by atoms with Gasteiger partial charge in [-0.05, 0) is 43.5 Å². The topological polar surface area (TPSA) is 57.7 Å². The van der Waals surface area contributed by atoms with Crippen molar-refractivity contribution in [3.05, 3.63) is 65.2 Å². The Labute approximate surface area is 155 Å². The maximum atomic E-state index is 12.8. The van der Waals surface area contributed by atoms with Gasteiger partial charge in [0.05, 0.1) is 11.4 Å². The third-order valence-electron chi connectivity index (χ3n) is 4.62. The van der Waals surface area contributed by atoms with Gasteiger partial charge >= 0.3 is 0 Å². The van der Waals surface area contributed by atoms with E-state index in [9.17, 15) is 13.2 Å². The van der Waals surface area contributed by atoms with E-state index in [1.54, 1.807) is 36.2 Å². The molecule has 0 saturated carbocycles. The molecule has 2 aromatic carbocycles. The van der Waals surface area contributed by atoms with Crippen LogP contribution < -0.4 is 4.31 Å². The maximum Gasteiger partial charge on any atom is 0.253 e. The van der Waals surface area contributed by atoms with Gasteiger partial charge in [-0.15, -0.1) is 0 Å². The lowest BCUT2D eigenvalue weighted by Gasteiger charge is -2.28. The van der Waals surface area contributed by atoms with Crippen molar-refractivity contribution in [2.75, 3.05) is 23.7 Å². The molecule has 1 heterocycles. The minimum Gasteiger partial charge on any atom is -0.337 e. The number of aryl methyl sites for hydroxylation is 1. The number of amides is 1. The van der Waals surface area contributed by atoms with Crippen LogP contribution in [0.15, 0.2) is 48.5 Å². The Kier molecular flexibility index (Phi) is 5.32. The van der Waals surface area contributed by atoms with E-state index >= 15 is 0 Å². The van der Waals surface area contributed by atoms with Crippen molar-refractivity contribution in [2.45, 2.75) is 26.3 Å². The summed E-state index contributed by atoms with van der Waals surface area (Å²) in [5.41, 5.74) is 3.30. The second kappa shape index (κ2) is 7.50. The zero-order chi connectivity index (χ0) is 18.7. The molecular formula is C20H24N2O3S. The summed E-state index contributed by atoms with van der Waals surface area (Å²) in [6.07, 6.45) is 1.53. The van der Waals surface area contributed by atoms with Crippen LogP contribution in [-0.4, -0.2) is 38.6 Å². The smallest absolute Gasteiger partial charge is 0.253 e. The molecule has 1 fully saturated rings. The molecule has 5 nitrogen and oxygen atoms in total. The highest BCUT2D eigenvalue weighted by molar-refractivity contribution is 7.92. The Morgan fingerprint density at radius 3 is 2.54 bits per heavy atom. The van der Waals surface area contributed by atoms with Crippen LogP contribution in [0.25, 0.3) is 0 Å². The van der Waals surface area contributed by atoms with Crippen molar-refractivity contribution < 1.29 is 13.2 Å². The molecule has 0 spiro atoms. The number of sulfonamides is 1. The lowest BCUT2D eigenvalue weighted by Crippen LogP contribution is -2.38. The predicted octanol–water partition coefficient (Wildman–Crippen LogP) is 3.20. The highest BCUT2D eigenvalue weighted by atomic mass is 32.2. The van der Waals surface area contributed by atoms with E-state index in [4.69, 9.17) is 0 Å². The molecule has 138 valence electrons. The third-order valence-corrected chi connectivity index (χ3v) is 6.49. The Morgan fingerprint density at radius 2 is 1.85 bits per heavy atom. The highest BCUT2D eigenvalue weighted by Crippen LogP contribution is 2.25. The van der Waals surface area contributed by atoms with Crippen LogP contribution in [0.4, 0.5) is 5.69 Å². The Hall–Kier alpha value is -2.34. The molecule has 1 aliphatic heterocycles. The zero-order valence-corrected chi connectivity index (χ0v) is 16.0. The van der Waals surface area contributed by atoms with Crippen molar-refractivity contribution >= 4 is 21.6 Å². The fourth-order valence-electron chi connectivity index (χ4n) is 3.13. The molecule has 0 radical (unpaired) electrons. The summed E-state index contributed by atoms with van der Waals surface area (Å²) in [5.74, 6) is 0.0419. The molecule has 0 atom stereocenters. The summed E-state index contributed by atoms with van der Waals surface area (Å²) >= 11 is 0. The Morgan fingerprint density at radius 1 is 1.12 bits per heavy atom. The van der Waals surface area contributed by atoms with Crippen LogP contribution in [0.1, 0.15) is 34.3 Å². The first-order valence-electron chi connectivity index (χ1n) is 8.78. The fraction of sp³-hybridized carbons (Fsp3) is 0.350. The molecule has 1 amide bonds. The number of rotatable bonds is 4. The average molecular weight is 372 g/mol. The summed E-state index contributed by atoms with van der Waals surface area (Å²) in [5, 5.41) is 0. The molecule has 2 aromatic rings. The lowest BCUT2D eigenvalue weighted by molar-refractivity contribution is 0.0785. The van der Waals surface area contributed by atoms with Crippen LogP contribution >= 0.6 is 0 Å². The Balaban J connectivity index is 1.78. The van der Waals surface area contributed by atoms with Gasteiger partial charge in [0, 0.05) is 25.7 Å². The van der Waals surface area contributed by atoms with Crippen LogP contribution in [-0.2, 0) is 16.6 Å². The highest BCUT2D eigenvalue weighted by Gasteiger charge is 2.26. The zero-order valence-electron chi connectivity index (χ0n) is 15.2. The summed E-state index contributed by atoms with van der Waals surface area (Å²) in [6.45, 7) is 3.00. The number of hydrogen-bond donors (Lipinski definition) is 0. The monoisotopic (exact) mass is 372 g/mol.